The Morgan fingerprint density at radius 1 is 0.919 bits per heavy atom. The normalized spacial score (nSPS) is 11.8. The molecule has 0 radical (unpaired) electrons. The molecule has 3 N–H and O–H groups in total. The summed E-state index contributed by atoms with van der Waals surface area (Å²) in [4.78, 5) is 21.6. The molecule has 0 aliphatic carbocycles. The Hall–Kier alpha value is -4.91. The number of rotatable bonds is 4. The number of aromatic nitrogens is 2. The largest absolute Gasteiger partial charge is 0.455 e. The first-order valence-corrected chi connectivity index (χ1v) is 12.0. The summed E-state index contributed by atoms with van der Waals surface area (Å²) < 4.78 is 11.9. The van der Waals surface area contributed by atoms with Gasteiger partial charge in [0.05, 0.1) is 0 Å². The van der Waals surface area contributed by atoms with Gasteiger partial charge in [0.15, 0.2) is 12.0 Å². The Morgan fingerprint density at radius 3 is 2.51 bits per heavy atom. The number of nitrogens with one attached hydrogen (secondary N) is 1. The fraction of sp³-hybridized carbons (Fsp3) is 0.100. The number of hydrogen-bond acceptors (Lipinski definition) is 6. The molecule has 2 bridgehead atoms. The topological polar surface area (TPSA) is 107 Å². The number of furan rings is 2. The fourth-order valence-electron chi connectivity index (χ4n) is 5.32. The summed E-state index contributed by atoms with van der Waals surface area (Å²) in [5.74, 6) is 0.332. The number of hydrogen-bond donors (Lipinski definition) is 2. The van der Waals surface area contributed by atoms with Crippen LogP contribution in [0.2, 0.25) is 0 Å². The van der Waals surface area contributed by atoms with Gasteiger partial charge in [-0.15, -0.1) is 0 Å². The van der Waals surface area contributed by atoms with Crippen molar-refractivity contribution >= 4 is 55.5 Å². The Bertz CT molecular complexity index is 1980. The molecule has 7 heteroatoms. The van der Waals surface area contributed by atoms with Crippen LogP contribution in [0.3, 0.4) is 0 Å². The van der Waals surface area contributed by atoms with Crippen molar-refractivity contribution in [3.63, 3.8) is 0 Å². The van der Waals surface area contributed by atoms with Gasteiger partial charge in [0.1, 0.15) is 22.5 Å². The number of aryl methyl sites for hydroxylation is 2. The maximum Gasteiger partial charge on any atom is 0.251 e. The van der Waals surface area contributed by atoms with E-state index in [0.29, 0.717) is 17.9 Å². The summed E-state index contributed by atoms with van der Waals surface area (Å²) in [6.45, 7) is 4.25. The van der Waals surface area contributed by atoms with Crippen molar-refractivity contribution in [2.45, 2.75) is 20.4 Å². The first-order chi connectivity index (χ1) is 18.0. The van der Waals surface area contributed by atoms with E-state index in [4.69, 9.17) is 14.6 Å². The number of nitrogens with zero attached hydrogens (tertiary/aromatic N) is 2. The monoisotopic (exact) mass is 486 g/mol. The number of benzene rings is 4. The molecule has 0 aliphatic rings. The van der Waals surface area contributed by atoms with E-state index in [9.17, 15) is 4.79 Å². The molecule has 37 heavy (non-hydrogen) atoms. The van der Waals surface area contributed by atoms with E-state index in [2.05, 4.69) is 33.5 Å². The van der Waals surface area contributed by atoms with Gasteiger partial charge >= 0.3 is 0 Å². The number of nitrogen functional groups attached to an aromatic ring is 1. The van der Waals surface area contributed by atoms with Crippen LogP contribution in [-0.4, -0.2) is 15.9 Å². The molecule has 0 spiro atoms. The molecule has 4 heterocycles. The lowest BCUT2D eigenvalue weighted by Gasteiger charge is -2.11. The second-order valence-electron chi connectivity index (χ2n) is 9.40. The zero-order chi connectivity index (χ0) is 25.3. The van der Waals surface area contributed by atoms with E-state index in [-0.39, 0.29) is 5.91 Å². The highest BCUT2D eigenvalue weighted by Crippen LogP contribution is 2.43. The van der Waals surface area contributed by atoms with E-state index < -0.39 is 0 Å². The molecule has 7 aromatic rings. The standard InChI is InChI=1S/C30H22N4O3/c1-15-10-26(31)34-16(2)24(15)13-32-30(35)18-7-9-21-23(12-18)28-20-8-6-17(11-22(20)27(21)37-28)19-4-3-5-25-29(19)36-14-33-25/h3-12,14H,13H2,1-2H3,(H2,31,34)(H,32,35). The first kappa shape index (κ1) is 21.4. The minimum Gasteiger partial charge on any atom is -0.455 e. The lowest BCUT2D eigenvalue weighted by atomic mass is 9.97. The van der Waals surface area contributed by atoms with Crippen LogP contribution in [0, 0.1) is 13.8 Å². The van der Waals surface area contributed by atoms with Crippen molar-refractivity contribution in [2.24, 2.45) is 0 Å². The molecule has 0 unspecified atom stereocenters. The number of amides is 1. The first-order valence-electron chi connectivity index (χ1n) is 12.0. The number of fused-ring (bicyclic) bond motifs is 9. The van der Waals surface area contributed by atoms with Crippen LogP contribution < -0.4 is 11.1 Å². The van der Waals surface area contributed by atoms with Crippen LogP contribution in [0.15, 0.2) is 75.9 Å². The van der Waals surface area contributed by atoms with Crippen molar-refractivity contribution in [3.8, 4) is 11.1 Å². The lowest BCUT2D eigenvalue weighted by Crippen LogP contribution is -2.24. The van der Waals surface area contributed by atoms with Gasteiger partial charge in [0.2, 0.25) is 0 Å². The molecule has 3 aromatic carbocycles. The number of carbonyl (C=O) groups is 1. The molecule has 7 nitrogen and oxygen atoms in total. The zero-order valence-corrected chi connectivity index (χ0v) is 20.3. The maximum atomic E-state index is 13.0. The molecule has 0 fully saturated rings. The van der Waals surface area contributed by atoms with E-state index in [1.165, 1.54) is 6.39 Å². The third kappa shape index (κ3) is 3.24. The van der Waals surface area contributed by atoms with Crippen LogP contribution in [0.25, 0.3) is 54.9 Å². The van der Waals surface area contributed by atoms with E-state index in [1.54, 1.807) is 0 Å². The quantitative estimate of drug-likeness (QED) is 0.275. The smallest absolute Gasteiger partial charge is 0.251 e. The molecule has 0 aliphatic heterocycles. The minimum atomic E-state index is -0.150. The highest BCUT2D eigenvalue weighted by Gasteiger charge is 2.20. The molecule has 0 saturated carbocycles. The molecule has 1 amide bonds. The summed E-state index contributed by atoms with van der Waals surface area (Å²) in [6, 6.07) is 19.7. The number of pyridine rings is 1. The predicted molar refractivity (Wildman–Crippen MR) is 145 cm³/mol. The van der Waals surface area contributed by atoms with Crippen molar-refractivity contribution in [3.05, 3.63) is 89.4 Å². The summed E-state index contributed by atoms with van der Waals surface area (Å²) in [7, 11) is 0. The fourth-order valence-corrected chi connectivity index (χ4v) is 5.32. The number of carbonyl (C=O) groups excluding carboxylic acids is 1. The number of anilines is 1. The molecule has 180 valence electrons. The number of para-hydroxylation sites is 1. The van der Waals surface area contributed by atoms with Crippen molar-refractivity contribution < 1.29 is 13.6 Å². The molecule has 7 rings (SSSR count). The molecular weight excluding hydrogens is 464 g/mol. The van der Waals surface area contributed by atoms with Gasteiger partial charge in [-0.2, -0.15) is 0 Å². The van der Waals surface area contributed by atoms with Crippen molar-refractivity contribution in [2.75, 3.05) is 5.73 Å². The molecular formula is C30H22N4O3. The SMILES string of the molecule is Cc1cc(N)nc(C)c1CNC(=O)c1ccc2c(c1)c1oc2c2cc(-c3cccc4ncoc34)ccc21. The lowest BCUT2D eigenvalue weighted by molar-refractivity contribution is 0.0951. The highest BCUT2D eigenvalue weighted by atomic mass is 16.3. The van der Waals surface area contributed by atoms with Crippen LogP contribution in [-0.2, 0) is 6.54 Å². The predicted octanol–water partition coefficient (Wildman–Crippen LogP) is 6.51. The summed E-state index contributed by atoms with van der Waals surface area (Å²) in [5, 5.41) is 7.00. The Labute approximate surface area is 211 Å². The molecule has 0 saturated heterocycles. The summed E-state index contributed by atoms with van der Waals surface area (Å²) >= 11 is 0. The highest BCUT2D eigenvalue weighted by molar-refractivity contribution is 6.26. The second kappa shape index (κ2) is 7.80. The Morgan fingerprint density at radius 2 is 1.70 bits per heavy atom. The van der Waals surface area contributed by atoms with Gasteiger partial charge in [-0.3, -0.25) is 4.79 Å². The average molecular weight is 487 g/mol. The van der Waals surface area contributed by atoms with Gasteiger partial charge in [-0.1, -0.05) is 18.2 Å². The van der Waals surface area contributed by atoms with Gasteiger partial charge in [-0.25, -0.2) is 9.97 Å². The van der Waals surface area contributed by atoms with E-state index in [1.807, 2.05) is 56.3 Å². The van der Waals surface area contributed by atoms with Gasteiger partial charge in [-0.05, 0) is 73.0 Å². The van der Waals surface area contributed by atoms with Gasteiger partial charge < -0.3 is 19.9 Å². The molecule has 4 aromatic heterocycles. The summed E-state index contributed by atoms with van der Waals surface area (Å²) in [5.41, 5.74) is 14.4. The Balaban J connectivity index is 1.24. The maximum absolute atomic E-state index is 13.0. The van der Waals surface area contributed by atoms with Crippen LogP contribution in [0.1, 0.15) is 27.2 Å². The minimum absolute atomic E-state index is 0.150. The van der Waals surface area contributed by atoms with Crippen LogP contribution >= 0.6 is 0 Å². The van der Waals surface area contributed by atoms with Crippen molar-refractivity contribution in [1.82, 2.24) is 15.3 Å². The second-order valence-corrected chi connectivity index (χ2v) is 9.40. The van der Waals surface area contributed by atoms with E-state index >= 15 is 0 Å². The van der Waals surface area contributed by atoms with Crippen LogP contribution in [0.4, 0.5) is 5.82 Å². The number of oxazole rings is 1. The Kier molecular flexibility index (Phi) is 4.50. The zero-order valence-electron chi connectivity index (χ0n) is 20.3. The van der Waals surface area contributed by atoms with Gasteiger partial charge in [0, 0.05) is 44.9 Å². The number of nitrogens with two attached hydrogens (primary N) is 1. The average Bonchev–Trinajstić information content (AvgIpc) is 3.61. The third-order valence-corrected chi connectivity index (χ3v) is 7.15. The van der Waals surface area contributed by atoms with Gasteiger partial charge in [0.25, 0.3) is 5.91 Å². The third-order valence-electron chi connectivity index (χ3n) is 7.15. The summed E-state index contributed by atoms with van der Waals surface area (Å²) in [6.07, 6.45) is 1.47. The van der Waals surface area contributed by atoms with E-state index in [0.717, 1.165) is 71.8 Å². The molecule has 0 atom stereocenters. The van der Waals surface area contributed by atoms with Crippen LogP contribution in [0.5, 0.6) is 0 Å². The van der Waals surface area contributed by atoms with Crippen molar-refractivity contribution in [1.29, 1.82) is 0 Å².